The summed E-state index contributed by atoms with van der Waals surface area (Å²) in [6.07, 6.45) is 1.00. The standard InChI is InChI=1S/C14H22N2O2S/c1-10(2)8-12(14(18)16(3)4)15-13(17)9-11-6-5-7-19-11/h5-7,10,12H,8-9H2,1-4H3,(H,15,17)/t12-/m0/s1. The maximum Gasteiger partial charge on any atom is 0.244 e. The van der Waals surface area contributed by atoms with E-state index in [4.69, 9.17) is 0 Å². The van der Waals surface area contributed by atoms with Crippen molar-refractivity contribution in [2.24, 2.45) is 5.92 Å². The summed E-state index contributed by atoms with van der Waals surface area (Å²) >= 11 is 1.55. The summed E-state index contributed by atoms with van der Waals surface area (Å²) in [7, 11) is 3.42. The molecule has 0 saturated carbocycles. The monoisotopic (exact) mass is 282 g/mol. The third-order valence-corrected chi connectivity index (χ3v) is 3.57. The number of hydrogen-bond donors (Lipinski definition) is 1. The van der Waals surface area contributed by atoms with E-state index in [1.807, 2.05) is 31.4 Å². The van der Waals surface area contributed by atoms with Gasteiger partial charge in [-0.25, -0.2) is 0 Å². The minimum atomic E-state index is -0.428. The number of nitrogens with one attached hydrogen (secondary N) is 1. The van der Waals surface area contributed by atoms with Gasteiger partial charge in [-0.2, -0.15) is 0 Å². The summed E-state index contributed by atoms with van der Waals surface area (Å²) in [5.41, 5.74) is 0. The third-order valence-electron chi connectivity index (χ3n) is 2.70. The number of carbonyl (C=O) groups is 2. The maximum absolute atomic E-state index is 12.0. The molecule has 0 radical (unpaired) electrons. The van der Waals surface area contributed by atoms with Crippen LogP contribution in [0.2, 0.25) is 0 Å². The molecule has 1 aromatic rings. The average molecular weight is 282 g/mol. The SMILES string of the molecule is CC(C)C[C@H](NC(=O)Cc1cccs1)C(=O)N(C)C. The summed E-state index contributed by atoms with van der Waals surface area (Å²) in [4.78, 5) is 26.5. The van der Waals surface area contributed by atoms with Crippen molar-refractivity contribution >= 4 is 23.2 Å². The van der Waals surface area contributed by atoms with Crippen molar-refractivity contribution in [1.82, 2.24) is 10.2 Å². The summed E-state index contributed by atoms with van der Waals surface area (Å²) in [6, 6.07) is 3.42. The van der Waals surface area contributed by atoms with Crippen LogP contribution in [0.3, 0.4) is 0 Å². The molecule has 0 unspecified atom stereocenters. The first-order chi connectivity index (χ1) is 8.90. The van der Waals surface area contributed by atoms with Gasteiger partial charge in [0.05, 0.1) is 6.42 Å². The van der Waals surface area contributed by atoms with Crippen LogP contribution in [0.15, 0.2) is 17.5 Å². The van der Waals surface area contributed by atoms with Gasteiger partial charge in [-0.1, -0.05) is 19.9 Å². The van der Waals surface area contributed by atoms with Gasteiger partial charge in [0.2, 0.25) is 11.8 Å². The molecule has 1 atom stereocenters. The van der Waals surface area contributed by atoms with E-state index in [9.17, 15) is 9.59 Å². The van der Waals surface area contributed by atoms with Crippen molar-refractivity contribution in [3.63, 3.8) is 0 Å². The van der Waals surface area contributed by atoms with Gasteiger partial charge >= 0.3 is 0 Å². The van der Waals surface area contributed by atoms with E-state index >= 15 is 0 Å². The molecule has 0 bridgehead atoms. The molecule has 0 fully saturated rings. The molecule has 1 heterocycles. The van der Waals surface area contributed by atoms with Gasteiger partial charge < -0.3 is 10.2 Å². The minimum Gasteiger partial charge on any atom is -0.347 e. The second-order valence-corrected chi connectivity index (χ2v) is 6.27. The Hall–Kier alpha value is -1.36. The molecule has 5 heteroatoms. The Balaban J connectivity index is 2.61. The van der Waals surface area contributed by atoms with Crippen LogP contribution >= 0.6 is 11.3 Å². The van der Waals surface area contributed by atoms with Crippen LogP contribution in [-0.4, -0.2) is 36.9 Å². The van der Waals surface area contributed by atoms with Crippen molar-refractivity contribution in [1.29, 1.82) is 0 Å². The normalized spacial score (nSPS) is 12.3. The first-order valence-electron chi connectivity index (χ1n) is 6.43. The van der Waals surface area contributed by atoms with Crippen LogP contribution in [0.25, 0.3) is 0 Å². The van der Waals surface area contributed by atoms with Crippen molar-refractivity contribution in [2.45, 2.75) is 32.7 Å². The van der Waals surface area contributed by atoms with Crippen LogP contribution in [0.1, 0.15) is 25.1 Å². The molecule has 0 aliphatic carbocycles. The number of carbonyl (C=O) groups excluding carboxylic acids is 2. The van der Waals surface area contributed by atoms with E-state index in [1.54, 1.807) is 25.4 Å². The molecule has 1 N–H and O–H groups in total. The Morgan fingerprint density at radius 3 is 2.53 bits per heavy atom. The Kier molecular flexibility index (Phi) is 6.02. The van der Waals surface area contributed by atoms with Gasteiger partial charge in [-0.15, -0.1) is 11.3 Å². The molecular formula is C14H22N2O2S. The highest BCUT2D eigenvalue weighted by atomic mass is 32.1. The minimum absolute atomic E-state index is 0.0479. The molecule has 0 aliphatic rings. The Labute approximate surface area is 118 Å². The first-order valence-corrected chi connectivity index (χ1v) is 7.31. The average Bonchev–Trinajstić information content (AvgIpc) is 2.78. The van der Waals surface area contributed by atoms with Gasteiger partial charge in [0.25, 0.3) is 0 Å². The van der Waals surface area contributed by atoms with Crippen LogP contribution in [0.5, 0.6) is 0 Å². The van der Waals surface area contributed by atoms with Crippen molar-refractivity contribution in [3.05, 3.63) is 22.4 Å². The molecule has 0 saturated heterocycles. The van der Waals surface area contributed by atoms with E-state index in [0.717, 1.165) is 4.88 Å². The van der Waals surface area contributed by atoms with E-state index < -0.39 is 6.04 Å². The van der Waals surface area contributed by atoms with E-state index in [2.05, 4.69) is 5.32 Å². The molecule has 1 rings (SSSR count). The van der Waals surface area contributed by atoms with Gasteiger partial charge in [0.1, 0.15) is 6.04 Å². The second-order valence-electron chi connectivity index (χ2n) is 5.24. The fourth-order valence-corrected chi connectivity index (χ4v) is 2.52. The molecule has 19 heavy (non-hydrogen) atoms. The second kappa shape index (κ2) is 7.28. The van der Waals surface area contributed by atoms with Crippen LogP contribution in [0.4, 0.5) is 0 Å². The fourth-order valence-electron chi connectivity index (χ4n) is 1.82. The molecule has 0 spiro atoms. The summed E-state index contributed by atoms with van der Waals surface area (Å²) in [5.74, 6) is 0.215. The number of amides is 2. The van der Waals surface area contributed by atoms with Gasteiger partial charge in [0, 0.05) is 19.0 Å². The van der Waals surface area contributed by atoms with E-state index in [1.165, 1.54) is 4.90 Å². The topological polar surface area (TPSA) is 49.4 Å². The number of rotatable bonds is 6. The van der Waals surface area contributed by atoms with Gasteiger partial charge in [-0.05, 0) is 23.8 Å². The lowest BCUT2D eigenvalue weighted by Gasteiger charge is -2.23. The quantitative estimate of drug-likeness (QED) is 0.866. The van der Waals surface area contributed by atoms with Crippen molar-refractivity contribution in [2.75, 3.05) is 14.1 Å². The zero-order chi connectivity index (χ0) is 14.4. The highest BCUT2D eigenvalue weighted by Crippen LogP contribution is 2.11. The fraction of sp³-hybridized carbons (Fsp3) is 0.571. The van der Waals surface area contributed by atoms with Crippen LogP contribution in [0, 0.1) is 5.92 Å². The summed E-state index contributed by atoms with van der Waals surface area (Å²) < 4.78 is 0. The first kappa shape index (κ1) is 15.7. The molecule has 1 aromatic heterocycles. The molecule has 2 amide bonds. The number of hydrogen-bond acceptors (Lipinski definition) is 3. The number of thiophene rings is 1. The smallest absolute Gasteiger partial charge is 0.244 e. The zero-order valence-corrected chi connectivity index (χ0v) is 12.8. The van der Waals surface area contributed by atoms with Crippen molar-refractivity contribution < 1.29 is 9.59 Å². The Morgan fingerprint density at radius 1 is 1.37 bits per heavy atom. The predicted molar refractivity (Wildman–Crippen MR) is 78.1 cm³/mol. The maximum atomic E-state index is 12.0. The lowest BCUT2D eigenvalue weighted by Crippen LogP contribution is -2.47. The highest BCUT2D eigenvalue weighted by Gasteiger charge is 2.23. The zero-order valence-electron chi connectivity index (χ0n) is 12.0. The Bertz CT molecular complexity index is 413. The largest absolute Gasteiger partial charge is 0.347 e. The lowest BCUT2D eigenvalue weighted by molar-refractivity contribution is -0.134. The van der Waals surface area contributed by atoms with Gasteiger partial charge in [0.15, 0.2) is 0 Å². The van der Waals surface area contributed by atoms with E-state index in [0.29, 0.717) is 18.8 Å². The molecular weight excluding hydrogens is 260 g/mol. The number of likely N-dealkylation sites (N-methyl/N-ethyl adjacent to an activating group) is 1. The lowest BCUT2D eigenvalue weighted by atomic mass is 10.0. The summed E-state index contributed by atoms with van der Waals surface area (Å²) in [6.45, 7) is 4.09. The third kappa shape index (κ3) is 5.42. The Morgan fingerprint density at radius 2 is 2.05 bits per heavy atom. The van der Waals surface area contributed by atoms with Gasteiger partial charge in [-0.3, -0.25) is 9.59 Å². The van der Waals surface area contributed by atoms with Crippen molar-refractivity contribution in [3.8, 4) is 0 Å². The molecule has 0 aliphatic heterocycles. The predicted octanol–water partition coefficient (Wildman–Crippen LogP) is 1.91. The number of nitrogens with zero attached hydrogens (tertiary/aromatic N) is 1. The van der Waals surface area contributed by atoms with Crippen LogP contribution in [-0.2, 0) is 16.0 Å². The van der Waals surface area contributed by atoms with Crippen LogP contribution < -0.4 is 5.32 Å². The van der Waals surface area contributed by atoms with E-state index in [-0.39, 0.29) is 11.8 Å². The molecule has 4 nitrogen and oxygen atoms in total. The molecule has 106 valence electrons. The molecule has 0 aromatic carbocycles. The highest BCUT2D eigenvalue weighted by molar-refractivity contribution is 7.10. The summed E-state index contributed by atoms with van der Waals surface area (Å²) in [5, 5.41) is 4.79.